The molecule has 31 heavy (non-hydrogen) atoms. The van der Waals surface area contributed by atoms with E-state index in [-0.39, 0.29) is 23.7 Å². The Morgan fingerprint density at radius 1 is 1.16 bits per heavy atom. The van der Waals surface area contributed by atoms with Crippen molar-refractivity contribution in [1.29, 1.82) is 0 Å². The van der Waals surface area contributed by atoms with E-state index in [1.165, 1.54) is 6.26 Å². The highest BCUT2D eigenvalue weighted by atomic mass is 16.3. The van der Waals surface area contributed by atoms with Crippen LogP contribution in [0.4, 0.5) is 0 Å². The van der Waals surface area contributed by atoms with Crippen molar-refractivity contribution in [3.63, 3.8) is 0 Å². The first-order chi connectivity index (χ1) is 15.1. The Morgan fingerprint density at radius 2 is 2.00 bits per heavy atom. The van der Waals surface area contributed by atoms with Crippen LogP contribution in [0.15, 0.2) is 47.9 Å². The molecule has 3 N–H and O–H groups in total. The third kappa shape index (κ3) is 3.70. The molecular formula is C20H20N8O3. The van der Waals surface area contributed by atoms with Crippen LogP contribution in [-0.2, 0) is 0 Å². The highest BCUT2D eigenvalue weighted by Crippen LogP contribution is 2.32. The van der Waals surface area contributed by atoms with Crippen LogP contribution in [0.1, 0.15) is 42.2 Å². The second-order valence-electron chi connectivity index (χ2n) is 7.47. The van der Waals surface area contributed by atoms with Crippen LogP contribution < -0.4 is 5.73 Å². The molecule has 158 valence electrons. The monoisotopic (exact) mass is 420 g/mol. The van der Waals surface area contributed by atoms with Gasteiger partial charge in [-0.1, -0.05) is 0 Å². The van der Waals surface area contributed by atoms with Gasteiger partial charge in [0.25, 0.3) is 5.91 Å². The van der Waals surface area contributed by atoms with Crippen LogP contribution in [0.25, 0.3) is 28.5 Å². The smallest absolute Gasteiger partial charge is 0.270 e. The van der Waals surface area contributed by atoms with Crippen LogP contribution >= 0.6 is 0 Å². The summed E-state index contributed by atoms with van der Waals surface area (Å²) < 4.78 is 8.94. The average molecular weight is 420 g/mol. The molecule has 0 radical (unpaired) electrons. The normalized spacial score (nSPS) is 18.9. The van der Waals surface area contributed by atoms with E-state index < -0.39 is 5.91 Å². The van der Waals surface area contributed by atoms with Gasteiger partial charge in [-0.2, -0.15) is 10.2 Å². The largest absolute Gasteiger partial charge is 0.444 e. The lowest BCUT2D eigenvalue weighted by atomic mass is 9.93. The molecule has 11 nitrogen and oxygen atoms in total. The number of rotatable bonds is 5. The number of oxazole rings is 1. The Hall–Kier alpha value is -3.86. The number of amides is 1. The quantitative estimate of drug-likeness (QED) is 0.495. The number of hydrogen-bond acceptors (Lipinski definition) is 8. The van der Waals surface area contributed by atoms with E-state index in [1.54, 1.807) is 35.7 Å². The van der Waals surface area contributed by atoms with Gasteiger partial charge in [-0.05, 0) is 25.7 Å². The zero-order chi connectivity index (χ0) is 21.4. The molecule has 0 aromatic carbocycles. The molecule has 4 aromatic rings. The number of carbonyl (C=O) groups is 1. The fourth-order valence-corrected chi connectivity index (χ4v) is 3.75. The molecule has 11 heteroatoms. The summed E-state index contributed by atoms with van der Waals surface area (Å²) in [6.07, 6.45) is 14.3. The molecule has 1 saturated carbocycles. The summed E-state index contributed by atoms with van der Waals surface area (Å²) in [5.74, 6) is -0.416. The Kier molecular flexibility index (Phi) is 4.79. The highest BCUT2D eigenvalue weighted by molar-refractivity contribution is 5.90. The summed E-state index contributed by atoms with van der Waals surface area (Å²) in [6.45, 7) is 0. The van der Waals surface area contributed by atoms with Gasteiger partial charge in [0.15, 0.2) is 5.69 Å². The van der Waals surface area contributed by atoms with Gasteiger partial charge in [-0.15, -0.1) is 0 Å². The molecule has 5 rings (SSSR count). The Bertz CT molecular complexity index is 1200. The van der Waals surface area contributed by atoms with Crippen molar-refractivity contribution in [2.75, 3.05) is 0 Å². The molecule has 1 fully saturated rings. The molecule has 0 atom stereocenters. The van der Waals surface area contributed by atoms with Gasteiger partial charge in [0.2, 0.25) is 5.89 Å². The van der Waals surface area contributed by atoms with Crippen LogP contribution in [0.3, 0.4) is 0 Å². The molecule has 0 saturated heterocycles. The van der Waals surface area contributed by atoms with Gasteiger partial charge < -0.3 is 15.3 Å². The molecule has 4 heterocycles. The molecular weight excluding hydrogens is 400 g/mol. The minimum Gasteiger partial charge on any atom is -0.444 e. The van der Waals surface area contributed by atoms with Crippen LogP contribution in [0.5, 0.6) is 0 Å². The van der Waals surface area contributed by atoms with E-state index in [0.29, 0.717) is 17.0 Å². The average Bonchev–Trinajstić information content (AvgIpc) is 3.53. The standard InChI is InChI=1S/C20H20N8O3/c21-19(30)16-11-31-20(25-16)12-7-24-28(9-12)17-10-27(13-1-3-14(29)4-2-13)26-18(17)15-8-22-5-6-23-15/h5-11,13-14,29H,1-4H2,(H2,21,30). The first kappa shape index (κ1) is 19.1. The Balaban J connectivity index is 1.53. The second-order valence-corrected chi connectivity index (χ2v) is 7.47. The molecule has 0 bridgehead atoms. The molecule has 1 amide bonds. The number of carbonyl (C=O) groups excluding carboxylic acids is 1. The van der Waals surface area contributed by atoms with Gasteiger partial charge >= 0.3 is 0 Å². The topological polar surface area (TPSA) is 151 Å². The number of nitrogens with two attached hydrogens (primary N) is 1. The summed E-state index contributed by atoms with van der Waals surface area (Å²) in [5.41, 5.74) is 7.87. The lowest BCUT2D eigenvalue weighted by Crippen LogP contribution is -2.21. The van der Waals surface area contributed by atoms with Crippen molar-refractivity contribution < 1.29 is 14.3 Å². The molecule has 0 aliphatic heterocycles. The summed E-state index contributed by atoms with van der Waals surface area (Å²) in [5, 5.41) is 19.0. The SMILES string of the molecule is NC(=O)c1coc(-c2cnn(-c3cn(C4CCC(O)CC4)nc3-c3cnccn3)c2)n1. The van der Waals surface area contributed by atoms with E-state index in [0.717, 1.165) is 31.4 Å². The summed E-state index contributed by atoms with van der Waals surface area (Å²) in [4.78, 5) is 23.9. The van der Waals surface area contributed by atoms with Crippen molar-refractivity contribution in [2.24, 2.45) is 5.73 Å². The lowest BCUT2D eigenvalue weighted by molar-refractivity contribution is 0.0995. The fraction of sp³-hybridized carbons (Fsp3) is 0.300. The van der Waals surface area contributed by atoms with E-state index in [2.05, 4.69) is 20.1 Å². The number of primary amides is 1. The minimum atomic E-state index is -0.661. The number of aromatic nitrogens is 7. The van der Waals surface area contributed by atoms with E-state index >= 15 is 0 Å². The van der Waals surface area contributed by atoms with Gasteiger partial charge in [0.05, 0.1) is 36.3 Å². The van der Waals surface area contributed by atoms with Gasteiger partial charge in [0, 0.05) is 18.6 Å². The van der Waals surface area contributed by atoms with Crippen molar-refractivity contribution in [1.82, 2.24) is 34.5 Å². The lowest BCUT2D eigenvalue weighted by Gasteiger charge is -2.25. The maximum Gasteiger partial charge on any atom is 0.270 e. The number of aliphatic hydroxyl groups is 1. The fourth-order valence-electron chi connectivity index (χ4n) is 3.75. The third-order valence-electron chi connectivity index (χ3n) is 5.39. The number of nitrogens with zero attached hydrogens (tertiary/aromatic N) is 7. The van der Waals surface area contributed by atoms with E-state index in [4.69, 9.17) is 15.2 Å². The minimum absolute atomic E-state index is 0.0512. The van der Waals surface area contributed by atoms with Crippen molar-refractivity contribution in [3.05, 3.63) is 49.1 Å². The zero-order valence-corrected chi connectivity index (χ0v) is 16.5. The van der Waals surface area contributed by atoms with Gasteiger partial charge in [-0.3, -0.25) is 19.4 Å². The van der Waals surface area contributed by atoms with Crippen LogP contribution in [0, 0.1) is 0 Å². The van der Waals surface area contributed by atoms with E-state index in [9.17, 15) is 9.90 Å². The maximum atomic E-state index is 11.3. The zero-order valence-electron chi connectivity index (χ0n) is 16.5. The van der Waals surface area contributed by atoms with Crippen LogP contribution in [0.2, 0.25) is 0 Å². The molecule has 0 spiro atoms. The molecule has 4 aromatic heterocycles. The Labute approximate surface area is 176 Å². The van der Waals surface area contributed by atoms with Crippen molar-refractivity contribution in [2.45, 2.75) is 37.8 Å². The van der Waals surface area contributed by atoms with Gasteiger partial charge in [0.1, 0.15) is 23.3 Å². The van der Waals surface area contributed by atoms with E-state index in [1.807, 2.05) is 10.9 Å². The molecule has 0 unspecified atom stereocenters. The maximum absolute atomic E-state index is 11.3. The van der Waals surface area contributed by atoms with Crippen LogP contribution in [-0.4, -0.2) is 51.6 Å². The summed E-state index contributed by atoms with van der Waals surface area (Å²) in [7, 11) is 0. The highest BCUT2D eigenvalue weighted by Gasteiger charge is 2.24. The predicted octanol–water partition coefficient (Wildman–Crippen LogP) is 1.76. The summed E-state index contributed by atoms with van der Waals surface area (Å²) >= 11 is 0. The molecule has 1 aliphatic rings. The predicted molar refractivity (Wildman–Crippen MR) is 108 cm³/mol. The second kappa shape index (κ2) is 7.76. The Morgan fingerprint density at radius 3 is 2.71 bits per heavy atom. The number of hydrogen-bond donors (Lipinski definition) is 2. The van der Waals surface area contributed by atoms with Gasteiger partial charge in [-0.25, -0.2) is 9.67 Å². The first-order valence-electron chi connectivity index (χ1n) is 9.93. The van der Waals surface area contributed by atoms with Crippen molar-refractivity contribution in [3.8, 4) is 28.5 Å². The summed E-state index contributed by atoms with van der Waals surface area (Å²) in [6, 6.07) is 0.187. The first-order valence-corrected chi connectivity index (χ1v) is 9.93. The molecule has 1 aliphatic carbocycles. The van der Waals surface area contributed by atoms with Crippen molar-refractivity contribution >= 4 is 5.91 Å². The third-order valence-corrected chi connectivity index (χ3v) is 5.39. The number of aliphatic hydroxyl groups excluding tert-OH is 1.